The van der Waals surface area contributed by atoms with Crippen molar-refractivity contribution in [3.63, 3.8) is 0 Å². The summed E-state index contributed by atoms with van der Waals surface area (Å²) < 4.78 is 0. The highest BCUT2D eigenvalue weighted by atomic mass is 16.6. The fraction of sp³-hybridized carbons (Fsp3) is 0.111. The summed E-state index contributed by atoms with van der Waals surface area (Å²) in [5, 5.41) is 28.0. The van der Waals surface area contributed by atoms with Crippen molar-refractivity contribution >= 4 is 11.4 Å². The van der Waals surface area contributed by atoms with E-state index in [1.807, 2.05) is 0 Å². The van der Waals surface area contributed by atoms with Gasteiger partial charge < -0.3 is 5.11 Å². The smallest absolute Gasteiger partial charge is 0.269 e. The van der Waals surface area contributed by atoms with E-state index in [1.54, 1.807) is 0 Å². The zero-order valence-electron chi connectivity index (χ0n) is 8.28. The van der Waals surface area contributed by atoms with E-state index in [2.05, 4.69) is 6.58 Å². The summed E-state index contributed by atoms with van der Waals surface area (Å²) in [6.45, 7) is 3.31. The lowest BCUT2D eigenvalue weighted by molar-refractivity contribution is -0.389. The predicted octanol–water partition coefficient (Wildman–Crippen LogP) is 1.67. The fourth-order valence-electron chi connectivity index (χ4n) is 0.696. The van der Waals surface area contributed by atoms with Crippen molar-refractivity contribution in [3.05, 3.63) is 57.1 Å². The van der Waals surface area contributed by atoms with Gasteiger partial charge in [-0.25, -0.2) is 0 Å². The molecule has 16 heavy (non-hydrogen) atoms. The number of benzene rings is 1. The van der Waals surface area contributed by atoms with Crippen LogP contribution in [0, 0.1) is 20.2 Å². The highest BCUT2D eigenvalue weighted by Crippen LogP contribution is 2.16. The fourth-order valence-corrected chi connectivity index (χ4v) is 0.696. The first-order valence-electron chi connectivity index (χ1n) is 4.13. The van der Waals surface area contributed by atoms with Crippen molar-refractivity contribution in [1.29, 1.82) is 0 Å². The maximum Gasteiger partial charge on any atom is 0.269 e. The van der Waals surface area contributed by atoms with Crippen LogP contribution in [-0.2, 0) is 0 Å². The molecule has 0 aliphatic carbocycles. The Morgan fingerprint density at radius 2 is 1.38 bits per heavy atom. The van der Waals surface area contributed by atoms with Gasteiger partial charge in [0, 0.05) is 24.3 Å². The van der Waals surface area contributed by atoms with Gasteiger partial charge in [-0.2, -0.15) is 0 Å². The second kappa shape index (κ2) is 7.07. The van der Waals surface area contributed by atoms with E-state index in [0.29, 0.717) is 0 Å². The van der Waals surface area contributed by atoms with Crippen LogP contribution < -0.4 is 0 Å². The number of hydrogen-bond acceptors (Lipinski definition) is 5. The van der Waals surface area contributed by atoms with Gasteiger partial charge in [-0.3, -0.25) is 20.2 Å². The van der Waals surface area contributed by atoms with E-state index < -0.39 is 9.85 Å². The van der Waals surface area contributed by atoms with Gasteiger partial charge in [-0.05, 0) is 0 Å². The molecule has 0 amide bonds. The lowest BCUT2D eigenvalue weighted by Crippen LogP contribution is -1.90. The second-order valence-corrected chi connectivity index (χ2v) is 2.50. The lowest BCUT2D eigenvalue weighted by atomic mass is 10.3. The zero-order valence-corrected chi connectivity index (χ0v) is 8.28. The van der Waals surface area contributed by atoms with Crippen LogP contribution in [0.15, 0.2) is 36.9 Å². The molecular weight excluding hydrogens is 216 g/mol. The summed E-state index contributed by atoms with van der Waals surface area (Å²) in [6, 6.07) is 4.38. The lowest BCUT2D eigenvalue weighted by Gasteiger charge is -1.90. The van der Waals surface area contributed by atoms with E-state index >= 15 is 0 Å². The maximum atomic E-state index is 10.1. The number of hydrogen-bond donors (Lipinski definition) is 1. The highest BCUT2D eigenvalue weighted by molar-refractivity contribution is 5.39. The third kappa shape index (κ3) is 4.82. The van der Waals surface area contributed by atoms with Crippen molar-refractivity contribution in [3.8, 4) is 0 Å². The Hall–Kier alpha value is -2.28. The zero-order chi connectivity index (χ0) is 12.6. The SMILES string of the molecule is C=CCO.O=[N+]([O-])c1ccc([N+](=O)[O-])cc1. The van der Waals surface area contributed by atoms with Crippen LogP contribution in [-0.4, -0.2) is 21.6 Å². The first kappa shape index (κ1) is 13.7. The molecule has 1 aromatic carbocycles. The molecular formula is C9H10N2O5. The molecule has 7 nitrogen and oxygen atoms in total. The second-order valence-electron chi connectivity index (χ2n) is 2.50. The summed E-state index contributed by atoms with van der Waals surface area (Å²) in [4.78, 5) is 19.0. The number of aliphatic hydroxyl groups is 1. The molecule has 7 heteroatoms. The molecule has 0 atom stereocenters. The largest absolute Gasteiger partial charge is 0.392 e. The predicted molar refractivity (Wildman–Crippen MR) is 57.0 cm³/mol. The first-order valence-corrected chi connectivity index (χ1v) is 4.13. The topological polar surface area (TPSA) is 107 Å². The molecule has 0 aliphatic heterocycles. The van der Waals surface area contributed by atoms with Gasteiger partial charge in [-0.15, -0.1) is 6.58 Å². The quantitative estimate of drug-likeness (QED) is 0.479. The highest BCUT2D eigenvalue weighted by Gasteiger charge is 2.08. The number of aliphatic hydroxyl groups excluding tert-OH is 1. The minimum absolute atomic E-state index is 0.0833. The van der Waals surface area contributed by atoms with Gasteiger partial charge >= 0.3 is 0 Å². The molecule has 0 unspecified atom stereocenters. The van der Waals surface area contributed by atoms with Gasteiger partial charge in [0.05, 0.1) is 16.5 Å². The molecule has 0 radical (unpaired) electrons. The Morgan fingerprint density at radius 3 is 1.50 bits per heavy atom. The van der Waals surface area contributed by atoms with Crippen LogP contribution in [0.3, 0.4) is 0 Å². The number of nitro benzene ring substituents is 2. The molecule has 1 rings (SSSR count). The van der Waals surface area contributed by atoms with Crippen LogP contribution in [0.1, 0.15) is 0 Å². The Balaban J connectivity index is 0.000000487. The summed E-state index contributed by atoms with van der Waals surface area (Å²) in [6.07, 6.45) is 1.43. The average molecular weight is 226 g/mol. The van der Waals surface area contributed by atoms with Gasteiger partial charge in [0.2, 0.25) is 0 Å². The standard InChI is InChI=1S/C6H4N2O4.C3H6O/c9-7(10)5-1-2-6(4-3-5)8(11)12;1-2-3-4/h1-4H;2,4H,1,3H2. The Kier molecular flexibility index (Phi) is 6.06. The Bertz CT molecular complexity index is 341. The van der Waals surface area contributed by atoms with E-state index in [9.17, 15) is 20.2 Å². The molecule has 0 aromatic heterocycles. The summed E-state index contributed by atoms with van der Waals surface area (Å²) >= 11 is 0. The molecule has 0 fully saturated rings. The van der Waals surface area contributed by atoms with Gasteiger partial charge in [0.15, 0.2) is 0 Å². The minimum atomic E-state index is -0.607. The monoisotopic (exact) mass is 226 g/mol. The van der Waals surface area contributed by atoms with E-state index in [0.717, 1.165) is 24.3 Å². The molecule has 0 saturated carbocycles. The van der Waals surface area contributed by atoms with Crippen molar-refractivity contribution in [2.75, 3.05) is 6.61 Å². The van der Waals surface area contributed by atoms with Crippen molar-refractivity contribution in [2.45, 2.75) is 0 Å². The van der Waals surface area contributed by atoms with Crippen LogP contribution in [0.25, 0.3) is 0 Å². The van der Waals surface area contributed by atoms with Crippen molar-refractivity contribution in [2.24, 2.45) is 0 Å². The van der Waals surface area contributed by atoms with Crippen LogP contribution >= 0.6 is 0 Å². The van der Waals surface area contributed by atoms with Crippen LogP contribution in [0.5, 0.6) is 0 Å². The van der Waals surface area contributed by atoms with Gasteiger partial charge in [-0.1, -0.05) is 6.08 Å². The third-order valence-electron chi connectivity index (χ3n) is 1.40. The summed E-state index contributed by atoms with van der Waals surface area (Å²) in [5.74, 6) is 0. The van der Waals surface area contributed by atoms with Gasteiger partial charge in [0.25, 0.3) is 11.4 Å². The molecule has 0 spiro atoms. The molecule has 0 bridgehead atoms. The molecule has 1 N–H and O–H groups in total. The number of rotatable bonds is 3. The summed E-state index contributed by atoms with van der Waals surface area (Å²) in [5.41, 5.74) is -0.304. The molecule has 1 aromatic rings. The molecule has 0 aliphatic rings. The van der Waals surface area contributed by atoms with Crippen molar-refractivity contribution in [1.82, 2.24) is 0 Å². The number of nitrogens with zero attached hydrogens (tertiary/aromatic N) is 2. The molecule has 86 valence electrons. The Morgan fingerprint density at radius 1 is 1.12 bits per heavy atom. The molecule has 0 heterocycles. The average Bonchev–Trinajstić information content (AvgIpc) is 2.29. The maximum absolute atomic E-state index is 10.1. The first-order chi connectivity index (χ1) is 7.52. The van der Waals surface area contributed by atoms with Crippen LogP contribution in [0.2, 0.25) is 0 Å². The van der Waals surface area contributed by atoms with E-state index in [1.165, 1.54) is 6.08 Å². The third-order valence-corrected chi connectivity index (χ3v) is 1.40. The van der Waals surface area contributed by atoms with Crippen LogP contribution in [0.4, 0.5) is 11.4 Å². The van der Waals surface area contributed by atoms with E-state index in [-0.39, 0.29) is 18.0 Å². The Labute approximate surface area is 90.9 Å². The minimum Gasteiger partial charge on any atom is -0.392 e. The summed E-state index contributed by atoms with van der Waals surface area (Å²) in [7, 11) is 0. The van der Waals surface area contributed by atoms with Crippen molar-refractivity contribution < 1.29 is 15.0 Å². The van der Waals surface area contributed by atoms with E-state index in [4.69, 9.17) is 5.11 Å². The normalized spacial score (nSPS) is 8.56. The number of non-ortho nitro benzene ring substituents is 2. The van der Waals surface area contributed by atoms with Gasteiger partial charge in [0.1, 0.15) is 0 Å². The number of nitro groups is 2. The molecule has 0 saturated heterocycles.